The zero-order valence-corrected chi connectivity index (χ0v) is 11.3. The second-order valence-corrected chi connectivity index (χ2v) is 6.42. The van der Waals surface area contributed by atoms with Gasteiger partial charge in [0.05, 0.1) is 17.0 Å². The Morgan fingerprint density at radius 3 is 2.50 bits per heavy atom. The van der Waals surface area contributed by atoms with Crippen LogP contribution in [0.15, 0.2) is 17.0 Å². The minimum atomic E-state index is -3.94. The van der Waals surface area contributed by atoms with Gasteiger partial charge in [-0.3, -0.25) is 0 Å². The van der Waals surface area contributed by atoms with Crippen molar-refractivity contribution in [3.8, 4) is 0 Å². The molecule has 0 aromatic heterocycles. The Kier molecular flexibility index (Phi) is 3.99. The fourth-order valence-corrected chi connectivity index (χ4v) is 3.10. The van der Waals surface area contributed by atoms with E-state index in [0.29, 0.717) is 0 Å². The molecule has 18 heavy (non-hydrogen) atoms. The molecule has 1 aromatic carbocycles. The normalized spacial score (nSPS) is 12.7. The standard InChI is InChI=1S/C11H17FN2O3S/c1-7-9(12)4-8(13)5-10(7)18(16,17)14-11(2,3)6-15/h4-5,14-15H,6,13H2,1-3H3. The first-order valence-electron chi connectivity index (χ1n) is 5.29. The van der Waals surface area contributed by atoms with E-state index in [-0.39, 0.29) is 22.8 Å². The van der Waals surface area contributed by atoms with E-state index in [1.54, 1.807) is 0 Å². The number of anilines is 1. The van der Waals surface area contributed by atoms with Gasteiger partial charge < -0.3 is 10.8 Å². The van der Waals surface area contributed by atoms with Crippen molar-refractivity contribution < 1.29 is 17.9 Å². The number of nitrogens with two attached hydrogens (primary N) is 1. The molecule has 0 atom stereocenters. The van der Waals surface area contributed by atoms with E-state index in [0.717, 1.165) is 6.07 Å². The lowest BCUT2D eigenvalue weighted by atomic mass is 10.1. The minimum absolute atomic E-state index is 0.00885. The first-order valence-corrected chi connectivity index (χ1v) is 6.78. The molecule has 1 rings (SSSR count). The van der Waals surface area contributed by atoms with Crippen molar-refractivity contribution in [1.82, 2.24) is 4.72 Å². The van der Waals surface area contributed by atoms with Crippen LogP contribution in [0.3, 0.4) is 0 Å². The van der Waals surface area contributed by atoms with E-state index in [1.165, 1.54) is 26.8 Å². The Morgan fingerprint density at radius 1 is 1.44 bits per heavy atom. The monoisotopic (exact) mass is 276 g/mol. The van der Waals surface area contributed by atoms with E-state index in [1.807, 2.05) is 0 Å². The molecule has 0 radical (unpaired) electrons. The maximum absolute atomic E-state index is 13.5. The summed E-state index contributed by atoms with van der Waals surface area (Å²) in [5.74, 6) is -0.683. The average Bonchev–Trinajstić information content (AvgIpc) is 2.21. The highest BCUT2D eigenvalue weighted by atomic mass is 32.2. The number of sulfonamides is 1. The van der Waals surface area contributed by atoms with Gasteiger partial charge in [-0.15, -0.1) is 0 Å². The molecule has 0 aliphatic heterocycles. The summed E-state index contributed by atoms with van der Waals surface area (Å²) in [6.45, 7) is 4.01. The number of aliphatic hydroxyl groups excluding tert-OH is 1. The highest BCUT2D eigenvalue weighted by Gasteiger charge is 2.27. The third-order valence-electron chi connectivity index (χ3n) is 2.41. The number of halogens is 1. The Morgan fingerprint density at radius 2 is 2.00 bits per heavy atom. The highest BCUT2D eigenvalue weighted by molar-refractivity contribution is 7.89. The Hall–Kier alpha value is -1.18. The lowest BCUT2D eigenvalue weighted by Crippen LogP contribution is -2.46. The van der Waals surface area contributed by atoms with Gasteiger partial charge in [-0.25, -0.2) is 17.5 Å². The summed E-state index contributed by atoms with van der Waals surface area (Å²) in [6.07, 6.45) is 0. The molecular formula is C11H17FN2O3S. The Bertz CT molecular complexity index is 556. The Labute approximate surface area is 106 Å². The number of hydrogen-bond donors (Lipinski definition) is 3. The van der Waals surface area contributed by atoms with Gasteiger partial charge in [-0.05, 0) is 32.9 Å². The van der Waals surface area contributed by atoms with Crippen LogP contribution in [-0.4, -0.2) is 25.7 Å². The average molecular weight is 276 g/mol. The van der Waals surface area contributed by atoms with Crippen molar-refractivity contribution in [1.29, 1.82) is 0 Å². The van der Waals surface area contributed by atoms with Gasteiger partial charge >= 0.3 is 0 Å². The second-order valence-electron chi connectivity index (χ2n) is 4.77. The summed E-state index contributed by atoms with van der Waals surface area (Å²) in [6, 6.07) is 2.25. The summed E-state index contributed by atoms with van der Waals surface area (Å²) in [4.78, 5) is -0.221. The van der Waals surface area contributed by atoms with E-state index < -0.39 is 21.4 Å². The molecule has 5 nitrogen and oxygen atoms in total. The first-order chi connectivity index (χ1) is 8.09. The summed E-state index contributed by atoms with van der Waals surface area (Å²) in [5.41, 5.74) is 4.42. The lowest BCUT2D eigenvalue weighted by molar-refractivity contribution is 0.208. The summed E-state index contributed by atoms with van der Waals surface area (Å²) < 4.78 is 39.9. The van der Waals surface area contributed by atoms with E-state index >= 15 is 0 Å². The van der Waals surface area contributed by atoms with Crippen LogP contribution < -0.4 is 10.5 Å². The van der Waals surface area contributed by atoms with Crippen LogP contribution in [0.4, 0.5) is 10.1 Å². The highest BCUT2D eigenvalue weighted by Crippen LogP contribution is 2.22. The van der Waals surface area contributed by atoms with Crippen molar-refractivity contribution in [3.63, 3.8) is 0 Å². The van der Waals surface area contributed by atoms with Gasteiger partial charge in [0.1, 0.15) is 5.82 Å². The number of aliphatic hydroxyl groups is 1. The predicted octanol–water partition coefficient (Wildman–Crippen LogP) is 0.766. The first kappa shape index (κ1) is 14.9. The summed E-state index contributed by atoms with van der Waals surface area (Å²) in [5, 5.41) is 9.06. The van der Waals surface area contributed by atoms with Crippen LogP contribution in [0.1, 0.15) is 19.4 Å². The lowest BCUT2D eigenvalue weighted by Gasteiger charge is -2.23. The van der Waals surface area contributed by atoms with E-state index in [2.05, 4.69) is 4.72 Å². The molecule has 0 fully saturated rings. The molecule has 4 N–H and O–H groups in total. The van der Waals surface area contributed by atoms with Crippen LogP contribution in [0, 0.1) is 12.7 Å². The topological polar surface area (TPSA) is 92.4 Å². The van der Waals surface area contributed by atoms with Crippen LogP contribution in [0.25, 0.3) is 0 Å². The van der Waals surface area contributed by atoms with Crippen LogP contribution in [-0.2, 0) is 10.0 Å². The zero-order valence-electron chi connectivity index (χ0n) is 10.5. The number of nitrogens with one attached hydrogen (secondary N) is 1. The summed E-state index contributed by atoms with van der Waals surface area (Å²) in [7, 11) is -3.94. The van der Waals surface area contributed by atoms with Gasteiger partial charge in [0.15, 0.2) is 0 Å². The van der Waals surface area contributed by atoms with Gasteiger partial charge in [0.2, 0.25) is 10.0 Å². The quantitative estimate of drug-likeness (QED) is 0.708. The molecule has 0 spiro atoms. The molecule has 0 heterocycles. The fourth-order valence-electron chi connectivity index (χ4n) is 1.40. The van der Waals surface area contributed by atoms with Gasteiger partial charge in [-0.2, -0.15) is 0 Å². The van der Waals surface area contributed by atoms with Crippen molar-refractivity contribution in [3.05, 3.63) is 23.5 Å². The third-order valence-corrected chi connectivity index (χ3v) is 4.24. The molecule has 0 aliphatic carbocycles. The molecule has 0 saturated carbocycles. The van der Waals surface area contributed by atoms with Crippen molar-refractivity contribution in [2.45, 2.75) is 31.2 Å². The van der Waals surface area contributed by atoms with Crippen LogP contribution >= 0.6 is 0 Å². The van der Waals surface area contributed by atoms with Gasteiger partial charge in [0.25, 0.3) is 0 Å². The maximum Gasteiger partial charge on any atom is 0.241 e. The molecule has 7 heteroatoms. The summed E-state index contributed by atoms with van der Waals surface area (Å²) >= 11 is 0. The number of nitrogen functional groups attached to an aromatic ring is 1. The molecule has 0 unspecified atom stereocenters. The third kappa shape index (κ3) is 3.18. The minimum Gasteiger partial charge on any atom is -0.399 e. The van der Waals surface area contributed by atoms with Crippen LogP contribution in [0.5, 0.6) is 0 Å². The fraction of sp³-hybridized carbons (Fsp3) is 0.455. The van der Waals surface area contributed by atoms with E-state index in [9.17, 15) is 12.8 Å². The molecule has 102 valence electrons. The maximum atomic E-state index is 13.5. The largest absolute Gasteiger partial charge is 0.399 e. The molecule has 1 aromatic rings. The SMILES string of the molecule is Cc1c(F)cc(N)cc1S(=O)(=O)NC(C)(C)CO. The second kappa shape index (κ2) is 4.83. The van der Waals surface area contributed by atoms with Crippen molar-refractivity contribution in [2.75, 3.05) is 12.3 Å². The van der Waals surface area contributed by atoms with Crippen molar-refractivity contribution >= 4 is 15.7 Å². The van der Waals surface area contributed by atoms with E-state index in [4.69, 9.17) is 10.8 Å². The zero-order chi connectivity index (χ0) is 14.1. The molecule has 0 aliphatic rings. The molecule has 0 amide bonds. The smallest absolute Gasteiger partial charge is 0.241 e. The Balaban J connectivity index is 3.30. The van der Waals surface area contributed by atoms with Crippen molar-refractivity contribution in [2.24, 2.45) is 0 Å². The molecule has 0 bridgehead atoms. The molecular weight excluding hydrogens is 259 g/mol. The number of rotatable bonds is 4. The van der Waals surface area contributed by atoms with Crippen LogP contribution in [0.2, 0.25) is 0 Å². The number of benzene rings is 1. The van der Waals surface area contributed by atoms with Gasteiger partial charge in [-0.1, -0.05) is 0 Å². The van der Waals surface area contributed by atoms with Gasteiger partial charge in [0, 0.05) is 11.3 Å². The number of hydrogen-bond acceptors (Lipinski definition) is 4. The predicted molar refractivity (Wildman–Crippen MR) is 67.0 cm³/mol. The molecule has 0 saturated heterocycles.